The molecule has 0 radical (unpaired) electrons. The zero-order valence-corrected chi connectivity index (χ0v) is 12.4. The second kappa shape index (κ2) is 5.48. The largest absolute Gasteiger partial charge is 0.454 e. The first-order chi connectivity index (χ1) is 10.8. The molecule has 2 aromatic rings. The molecule has 4 rings (SSSR count). The third kappa shape index (κ3) is 2.47. The number of carbonyl (C=O) groups is 1. The lowest BCUT2D eigenvalue weighted by atomic mass is 9.86. The van der Waals surface area contributed by atoms with Crippen LogP contribution in [0.3, 0.4) is 0 Å². The topological polar surface area (TPSA) is 51.3 Å². The van der Waals surface area contributed by atoms with Gasteiger partial charge in [-0.25, -0.2) is 0 Å². The van der Waals surface area contributed by atoms with Crippen LogP contribution in [-0.4, -0.2) is 33.7 Å². The van der Waals surface area contributed by atoms with E-state index in [1.165, 1.54) is 0 Å². The summed E-state index contributed by atoms with van der Waals surface area (Å²) in [4.78, 5) is 14.5. The summed E-state index contributed by atoms with van der Waals surface area (Å²) in [6.07, 6.45) is 10.3. The van der Waals surface area contributed by atoms with Gasteiger partial charge in [-0.3, -0.25) is 9.48 Å². The fraction of sp³-hybridized carbons (Fsp3) is 0.412. The zero-order valence-electron chi connectivity index (χ0n) is 12.4. The molecule has 2 aromatic heterocycles. The quantitative estimate of drug-likeness (QED) is 0.818. The molecule has 0 spiro atoms. The number of aromatic nitrogens is 2. The Labute approximate surface area is 129 Å². The van der Waals surface area contributed by atoms with E-state index in [4.69, 9.17) is 4.42 Å². The van der Waals surface area contributed by atoms with Crippen LogP contribution in [0.2, 0.25) is 0 Å². The molecule has 1 aliphatic carbocycles. The highest BCUT2D eigenvalue weighted by Crippen LogP contribution is 2.33. The first-order valence-corrected chi connectivity index (χ1v) is 7.80. The number of hydrogen-bond donors (Lipinski definition) is 0. The van der Waals surface area contributed by atoms with E-state index in [1.54, 1.807) is 16.9 Å². The highest BCUT2D eigenvalue weighted by molar-refractivity contribution is 5.91. The Balaban J connectivity index is 1.44. The molecule has 1 saturated heterocycles. The van der Waals surface area contributed by atoms with Crippen molar-refractivity contribution >= 4 is 5.91 Å². The molecule has 3 heterocycles. The van der Waals surface area contributed by atoms with Crippen molar-refractivity contribution in [1.82, 2.24) is 14.7 Å². The van der Waals surface area contributed by atoms with Crippen LogP contribution in [0.1, 0.15) is 29.2 Å². The summed E-state index contributed by atoms with van der Waals surface area (Å²) in [5, 5.41) is 4.15. The van der Waals surface area contributed by atoms with E-state index in [-0.39, 0.29) is 5.91 Å². The maximum atomic E-state index is 12.6. The maximum Gasteiger partial charge on any atom is 0.289 e. The Morgan fingerprint density at radius 2 is 2.00 bits per heavy atom. The number of nitrogens with zero attached hydrogens (tertiary/aromatic N) is 3. The van der Waals surface area contributed by atoms with Crippen LogP contribution >= 0.6 is 0 Å². The molecular formula is C17H19N3O2. The van der Waals surface area contributed by atoms with Crippen LogP contribution in [0, 0.1) is 11.8 Å². The lowest BCUT2D eigenvalue weighted by Crippen LogP contribution is -2.28. The fourth-order valence-corrected chi connectivity index (χ4v) is 3.47. The van der Waals surface area contributed by atoms with E-state index in [9.17, 15) is 4.79 Å². The van der Waals surface area contributed by atoms with Crippen molar-refractivity contribution in [2.24, 2.45) is 11.8 Å². The molecule has 0 unspecified atom stereocenters. The smallest absolute Gasteiger partial charge is 0.289 e. The number of allylic oxidation sites excluding steroid dienone is 2. The van der Waals surface area contributed by atoms with E-state index in [0.29, 0.717) is 24.1 Å². The molecular weight excluding hydrogens is 278 g/mol. The van der Waals surface area contributed by atoms with Crippen molar-refractivity contribution in [2.45, 2.75) is 19.4 Å². The normalized spacial score (nSPS) is 23.7. The van der Waals surface area contributed by atoms with Gasteiger partial charge in [0.1, 0.15) is 5.76 Å². The molecule has 1 fully saturated rings. The third-order valence-corrected chi connectivity index (χ3v) is 4.66. The Morgan fingerprint density at radius 1 is 1.23 bits per heavy atom. The average molecular weight is 297 g/mol. The van der Waals surface area contributed by atoms with Crippen molar-refractivity contribution in [3.05, 3.63) is 54.3 Å². The van der Waals surface area contributed by atoms with Gasteiger partial charge in [0.05, 0.1) is 6.54 Å². The van der Waals surface area contributed by atoms with Gasteiger partial charge >= 0.3 is 0 Å². The van der Waals surface area contributed by atoms with Crippen LogP contribution in [0.5, 0.6) is 0 Å². The number of hydrogen-bond acceptors (Lipinski definition) is 3. The minimum Gasteiger partial charge on any atom is -0.454 e. The van der Waals surface area contributed by atoms with E-state index in [0.717, 1.165) is 31.7 Å². The number of likely N-dealkylation sites (tertiary alicyclic amines) is 1. The molecule has 114 valence electrons. The lowest BCUT2D eigenvalue weighted by molar-refractivity contribution is 0.0750. The first kappa shape index (κ1) is 13.4. The summed E-state index contributed by atoms with van der Waals surface area (Å²) >= 11 is 0. The number of furan rings is 1. The molecule has 22 heavy (non-hydrogen) atoms. The third-order valence-electron chi connectivity index (χ3n) is 4.66. The SMILES string of the molecule is O=C(c1ccc(Cn2cccn2)o1)N1C[C@H]2CC=CC[C@H]2C1. The highest BCUT2D eigenvalue weighted by atomic mass is 16.4. The summed E-state index contributed by atoms with van der Waals surface area (Å²) in [6.45, 7) is 2.25. The van der Waals surface area contributed by atoms with Crippen LogP contribution in [0.4, 0.5) is 0 Å². The summed E-state index contributed by atoms with van der Waals surface area (Å²) < 4.78 is 7.50. The minimum absolute atomic E-state index is 0.0149. The van der Waals surface area contributed by atoms with Crippen molar-refractivity contribution in [3.63, 3.8) is 0 Å². The van der Waals surface area contributed by atoms with Crippen molar-refractivity contribution in [3.8, 4) is 0 Å². The van der Waals surface area contributed by atoms with Gasteiger partial charge in [-0.05, 0) is 42.9 Å². The van der Waals surface area contributed by atoms with Crippen LogP contribution < -0.4 is 0 Å². The average Bonchev–Trinajstić information content (AvgIpc) is 3.27. The highest BCUT2D eigenvalue weighted by Gasteiger charge is 2.36. The van der Waals surface area contributed by atoms with Gasteiger partial charge in [-0.1, -0.05) is 12.2 Å². The molecule has 0 aromatic carbocycles. The monoisotopic (exact) mass is 297 g/mol. The van der Waals surface area contributed by atoms with Gasteiger partial charge in [-0.2, -0.15) is 5.10 Å². The second-order valence-corrected chi connectivity index (χ2v) is 6.14. The number of carbonyl (C=O) groups excluding carboxylic acids is 1. The number of amides is 1. The Hall–Kier alpha value is -2.30. The Kier molecular flexibility index (Phi) is 3.33. The Morgan fingerprint density at radius 3 is 2.68 bits per heavy atom. The van der Waals surface area contributed by atoms with E-state index in [1.807, 2.05) is 23.2 Å². The molecule has 1 amide bonds. The minimum atomic E-state index is 0.0149. The fourth-order valence-electron chi connectivity index (χ4n) is 3.47. The summed E-state index contributed by atoms with van der Waals surface area (Å²) in [5.74, 6) is 2.44. The van der Waals surface area contributed by atoms with Gasteiger partial charge in [0.25, 0.3) is 5.91 Å². The maximum absolute atomic E-state index is 12.6. The summed E-state index contributed by atoms with van der Waals surface area (Å²) in [6, 6.07) is 5.51. The molecule has 5 nitrogen and oxygen atoms in total. The van der Waals surface area contributed by atoms with Crippen LogP contribution in [0.25, 0.3) is 0 Å². The lowest BCUT2D eigenvalue weighted by Gasteiger charge is -2.17. The van der Waals surface area contributed by atoms with Crippen LogP contribution in [0.15, 0.2) is 47.2 Å². The molecule has 2 aliphatic rings. The molecule has 0 saturated carbocycles. The first-order valence-electron chi connectivity index (χ1n) is 7.80. The number of rotatable bonds is 3. The van der Waals surface area contributed by atoms with E-state index in [2.05, 4.69) is 17.3 Å². The van der Waals surface area contributed by atoms with E-state index < -0.39 is 0 Å². The molecule has 0 N–H and O–H groups in total. The van der Waals surface area contributed by atoms with Gasteiger partial charge in [-0.15, -0.1) is 0 Å². The Bertz CT molecular complexity index is 671. The molecule has 5 heteroatoms. The predicted octanol–water partition coefficient (Wildman–Crippen LogP) is 2.56. The standard InChI is InChI=1S/C17H19N3O2/c21-17(19-10-13-4-1-2-5-14(13)11-19)16-7-6-15(22-16)12-20-9-3-8-18-20/h1-3,6-9,13-14H,4-5,10-12H2/t13-,14+. The van der Waals surface area contributed by atoms with Gasteiger partial charge in [0.2, 0.25) is 0 Å². The van der Waals surface area contributed by atoms with Crippen molar-refractivity contribution < 1.29 is 9.21 Å². The van der Waals surface area contributed by atoms with Gasteiger partial charge in [0, 0.05) is 25.5 Å². The zero-order chi connectivity index (χ0) is 14.9. The van der Waals surface area contributed by atoms with Crippen molar-refractivity contribution in [2.75, 3.05) is 13.1 Å². The molecule has 1 aliphatic heterocycles. The van der Waals surface area contributed by atoms with Crippen molar-refractivity contribution in [1.29, 1.82) is 0 Å². The summed E-state index contributed by atoms with van der Waals surface area (Å²) in [5.41, 5.74) is 0. The van der Waals surface area contributed by atoms with Gasteiger partial charge < -0.3 is 9.32 Å². The second-order valence-electron chi connectivity index (χ2n) is 6.14. The number of fused-ring (bicyclic) bond motifs is 1. The van der Waals surface area contributed by atoms with Gasteiger partial charge in [0.15, 0.2) is 5.76 Å². The summed E-state index contributed by atoms with van der Waals surface area (Å²) in [7, 11) is 0. The predicted molar refractivity (Wildman–Crippen MR) is 81.3 cm³/mol. The van der Waals surface area contributed by atoms with Crippen LogP contribution in [-0.2, 0) is 6.54 Å². The molecule has 0 bridgehead atoms. The molecule has 2 atom stereocenters. The van der Waals surface area contributed by atoms with E-state index >= 15 is 0 Å².